The summed E-state index contributed by atoms with van der Waals surface area (Å²) in [4.78, 5) is 15.0. The fraction of sp³-hybridized carbons (Fsp3) is 0.657. The van der Waals surface area contributed by atoms with E-state index in [2.05, 4.69) is 51.1 Å². The third-order valence-electron chi connectivity index (χ3n) is 11.0. The molecule has 2 unspecified atom stereocenters. The van der Waals surface area contributed by atoms with Crippen molar-refractivity contribution in [3.63, 3.8) is 0 Å². The van der Waals surface area contributed by atoms with Crippen LogP contribution in [-0.4, -0.2) is 91.0 Å². The van der Waals surface area contributed by atoms with E-state index in [-0.39, 0.29) is 23.8 Å². The lowest BCUT2D eigenvalue weighted by atomic mass is 9.99. The highest BCUT2D eigenvalue weighted by atomic mass is 16.5. The maximum Gasteiger partial charge on any atom is 0.318 e. The molecule has 8 rings (SSSR count). The lowest BCUT2D eigenvalue weighted by molar-refractivity contribution is -0.0366. The van der Waals surface area contributed by atoms with Crippen molar-refractivity contribution >= 4 is 22.4 Å². The first-order valence-corrected chi connectivity index (χ1v) is 17.6. The van der Waals surface area contributed by atoms with Crippen LogP contribution in [0.1, 0.15) is 67.1 Å². The van der Waals surface area contributed by atoms with E-state index < -0.39 is 0 Å². The lowest BCUT2D eigenvalue weighted by Crippen LogP contribution is -2.51. The molecule has 4 fully saturated rings. The number of ether oxygens (including phenoxy) is 3. The fourth-order valence-corrected chi connectivity index (χ4v) is 8.01. The summed E-state index contributed by atoms with van der Waals surface area (Å²) in [6.07, 6.45) is 8.94. The smallest absolute Gasteiger partial charge is 0.318 e. The number of anilines is 2. The molecule has 250 valence electrons. The standard InChI is InChI=1S/C35H47N9O3/c1-23-17-29-27(18-39-44(29)31-5-3-4-15-46-31)32(24(23)2)42-13-7-26-28(21-42)40-34(41-33(26)43-14-11-38-25(20-43)6-10-36)47-22-35(8-9-35)30-19-37-12-16-45-30/h17-18,25,30-31,37-38H,3-9,11-16,19-22H2,1-2H3/t25-,30?,31?/m0/s1. The van der Waals surface area contributed by atoms with Crippen molar-refractivity contribution < 1.29 is 14.2 Å². The molecule has 0 spiro atoms. The van der Waals surface area contributed by atoms with Gasteiger partial charge in [0.15, 0.2) is 6.23 Å². The molecule has 2 N–H and O–H groups in total. The molecule has 2 aromatic heterocycles. The first-order valence-electron chi connectivity index (χ1n) is 17.6. The largest absolute Gasteiger partial charge is 0.463 e. The van der Waals surface area contributed by atoms with Crippen molar-refractivity contribution in [1.82, 2.24) is 30.4 Å². The quantitative estimate of drug-likeness (QED) is 0.375. The van der Waals surface area contributed by atoms with Crippen molar-refractivity contribution in [2.75, 3.05) is 68.9 Å². The molecule has 3 atom stereocenters. The van der Waals surface area contributed by atoms with E-state index in [0.717, 1.165) is 113 Å². The molecular formula is C35H47N9O3. The average molecular weight is 642 g/mol. The Kier molecular flexibility index (Phi) is 8.42. The van der Waals surface area contributed by atoms with Crippen LogP contribution in [0.2, 0.25) is 0 Å². The minimum atomic E-state index is -0.0123. The van der Waals surface area contributed by atoms with Crippen molar-refractivity contribution in [1.29, 1.82) is 5.26 Å². The van der Waals surface area contributed by atoms with E-state index in [1.165, 1.54) is 22.4 Å². The van der Waals surface area contributed by atoms with Gasteiger partial charge in [0, 0.05) is 68.3 Å². The summed E-state index contributed by atoms with van der Waals surface area (Å²) in [5.74, 6) is 0.961. The number of morpholine rings is 1. The number of fused-ring (bicyclic) bond motifs is 2. The number of nitriles is 1. The molecule has 12 nitrogen and oxygen atoms in total. The topological polar surface area (TPSA) is 126 Å². The summed E-state index contributed by atoms with van der Waals surface area (Å²) >= 11 is 0. The van der Waals surface area contributed by atoms with E-state index in [1.807, 2.05) is 6.20 Å². The van der Waals surface area contributed by atoms with E-state index in [4.69, 9.17) is 29.3 Å². The molecule has 6 heterocycles. The molecule has 0 radical (unpaired) electrons. The summed E-state index contributed by atoms with van der Waals surface area (Å²) in [5, 5.41) is 22.4. The summed E-state index contributed by atoms with van der Waals surface area (Å²) in [6.45, 7) is 12.2. The monoisotopic (exact) mass is 641 g/mol. The van der Waals surface area contributed by atoms with Gasteiger partial charge in [-0.25, -0.2) is 4.68 Å². The number of nitrogens with one attached hydrogen (secondary N) is 2. The van der Waals surface area contributed by atoms with Crippen LogP contribution in [0.3, 0.4) is 0 Å². The Morgan fingerprint density at radius 3 is 2.81 bits per heavy atom. The van der Waals surface area contributed by atoms with Gasteiger partial charge in [0.25, 0.3) is 0 Å². The molecule has 4 aliphatic heterocycles. The van der Waals surface area contributed by atoms with Crippen LogP contribution in [0.25, 0.3) is 10.9 Å². The van der Waals surface area contributed by atoms with Crippen LogP contribution in [0.5, 0.6) is 6.01 Å². The second kappa shape index (κ2) is 12.8. The van der Waals surface area contributed by atoms with Crippen molar-refractivity contribution in [2.24, 2.45) is 5.41 Å². The van der Waals surface area contributed by atoms with Gasteiger partial charge in [-0.15, -0.1) is 0 Å². The highest BCUT2D eigenvalue weighted by Gasteiger charge is 2.51. The zero-order valence-corrected chi connectivity index (χ0v) is 27.8. The molecule has 12 heteroatoms. The number of aryl methyl sites for hydroxylation is 1. The van der Waals surface area contributed by atoms with Crippen LogP contribution in [0.4, 0.5) is 11.5 Å². The Bertz CT molecular complexity index is 1650. The highest BCUT2D eigenvalue weighted by Crippen LogP contribution is 2.50. The molecule has 3 saturated heterocycles. The number of aromatic nitrogens is 4. The van der Waals surface area contributed by atoms with Gasteiger partial charge in [-0.1, -0.05) is 0 Å². The summed E-state index contributed by atoms with van der Waals surface area (Å²) in [7, 11) is 0. The first-order chi connectivity index (χ1) is 23.0. The minimum Gasteiger partial charge on any atom is -0.463 e. The van der Waals surface area contributed by atoms with E-state index >= 15 is 0 Å². The Morgan fingerprint density at radius 1 is 1.11 bits per heavy atom. The van der Waals surface area contributed by atoms with Gasteiger partial charge in [0.1, 0.15) is 5.82 Å². The van der Waals surface area contributed by atoms with Gasteiger partial charge in [-0.3, -0.25) is 0 Å². The number of benzene rings is 1. The summed E-state index contributed by atoms with van der Waals surface area (Å²) in [5.41, 5.74) is 7.12. The van der Waals surface area contributed by atoms with Crippen molar-refractivity contribution in [3.05, 3.63) is 34.6 Å². The van der Waals surface area contributed by atoms with Crippen LogP contribution in [0, 0.1) is 30.6 Å². The molecule has 0 amide bonds. The SMILES string of the molecule is Cc1cc2c(cnn2C2CCCCO2)c(N2CCc3c(nc(OCC4(C5CNCCO5)CC4)nc3N3CCN[C@@H](CC#N)C3)C2)c1C. The number of hydrogen-bond acceptors (Lipinski definition) is 11. The summed E-state index contributed by atoms with van der Waals surface area (Å²) < 4.78 is 20.9. The maximum atomic E-state index is 9.41. The average Bonchev–Trinajstić information content (AvgIpc) is 3.80. The zero-order valence-electron chi connectivity index (χ0n) is 27.8. The van der Waals surface area contributed by atoms with Crippen molar-refractivity contribution in [2.45, 2.75) is 83.7 Å². The molecule has 1 saturated carbocycles. The Hall–Kier alpha value is -3.50. The van der Waals surface area contributed by atoms with E-state index in [1.54, 1.807) is 0 Å². The molecule has 47 heavy (non-hydrogen) atoms. The molecular weight excluding hydrogens is 594 g/mol. The molecule has 5 aliphatic rings. The third-order valence-corrected chi connectivity index (χ3v) is 11.0. The second-order valence-electron chi connectivity index (χ2n) is 14.1. The van der Waals surface area contributed by atoms with Gasteiger partial charge < -0.3 is 34.6 Å². The Balaban J connectivity index is 1.12. The minimum absolute atomic E-state index is 0.0123. The Morgan fingerprint density at radius 2 is 2.02 bits per heavy atom. The van der Waals surface area contributed by atoms with E-state index in [9.17, 15) is 5.26 Å². The van der Waals surface area contributed by atoms with Crippen molar-refractivity contribution in [3.8, 4) is 12.1 Å². The van der Waals surface area contributed by atoms with Gasteiger partial charge in [0.2, 0.25) is 0 Å². The zero-order chi connectivity index (χ0) is 32.0. The molecule has 0 bridgehead atoms. The lowest BCUT2D eigenvalue weighted by Gasteiger charge is -2.38. The number of nitrogens with zero attached hydrogens (tertiary/aromatic N) is 7. The first kappa shape index (κ1) is 30.8. The van der Waals surface area contributed by atoms with Gasteiger partial charge in [-0.2, -0.15) is 20.3 Å². The summed E-state index contributed by atoms with van der Waals surface area (Å²) in [6, 6.07) is 5.17. The second-order valence-corrected chi connectivity index (χ2v) is 14.1. The Labute approximate surface area is 276 Å². The highest BCUT2D eigenvalue weighted by molar-refractivity contribution is 5.95. The van der Waals surface area contributed by atoms with Gasteiger partial charge >= 0.3 is 6.01 Å². The maximum absolute atomic E-state index is 9.41. The number of rotatable bonds is 8. The fourth-order valence-electron chi connectivity index (χ4n) is 8.01. The number of piperazine rings is 1. The van der Waals surface area contributed by atoms with Gasteiger partial charge in [-0.05, 0) is 69.6 Å². The predicted octanol–water partition coefficient (Wildman–Crippen LogP) is 3.54. The van der Waals surface area contributed by atoms with E-state index in [0.29, 0.717) is 25.6 Å². The predicted molar refractivity (Wildman–Crippen MR) is 179 cm³/mol. The normalized spacial score (nSPS) is 25.8. The molecule has 1 aliphatic carbocycles. The third kappa shape index (κ3) is 5.92. The van der Waals surface area contributed by atoms with Crippen LogP contribution in [0.15, 0.2) is 12.3 Å². The molecule has 1 aromatic carbocycles. The van der Waals surface area contributed by atoms with Crippen LogP contribution in [-0.2, 0) is 22.4 Å². The van der Waals surface area contributed by atoms with Crippen LogP contribution < -0.4 is 25.2 Å². The number of hydrogen-bond donors (Lipinski definition) is 2. The van der Waals surface area contributed by atoms with Gasteiger partial charge in [0.05, 0.1) is 61.4 Å². The van der Waals surface area contributed by atoms with Crippen LogP contribution >= 0.6 is 0 Å². The molecule has 3 aromatic rings.